The molecule has 0 spiro atoms. The lowest BCUT2D eigenvalue weighted by Crippen LogP contribution is -2.22. The van der Waals surface area contributed by atoms with Crippen LogP contribution >= 0.6 is 23.1 Å². The molecule has 2 heterocycles. The van der Waals surface area contributed by atoms with E-state index in [-0.39, 0.29) is 17.6 Å². The average molecular weight is 402 g/mol. The van der Waals surface area contributed by atoms with Gasteiger partial charge in [-0.2, -0.15) is 0 Å². The fraction of sp³-hybridized carbons (Fsp3) is 0.222. The quantitative estimate of drug-likeness (QED) is 0.594. The van der Waals surface area contributed by atoms with Crippen LogP contribution in [0, 0.1) is 0 Å². The van der Waals surface area contributed by atoms with Crippen LogP contribution in [0.2, 0.25) is 0 Å². The molecule has 9 heteroatoms. The number of carbonyl (C=O) groups excluding carboxylic acids is 2. The second-order valence-electron chi connectivity index (χ2n) is 5.94. The molecule has 0 atom stereocenters. The predicted octanol–water partition coefficient (Wildman–Crippen LogP) is 2.89. The Morgan fingerprint density at radius 2 is 2.11 bits per heavy atom. The predicted molar refractivity (Wildman–Crippen MR) is 107 cm³/mol. The van der Waals surface area contributed by atoms with Crippen molar-refractivity contribution >= 4 is 40.6 Å². The number of thiophene rings is 1. The van der Waals surface area contributed by atoms with Gasteiger partial charge < -0.3 is 10.2 Å². The number of H-pyrrole nitrogens is 1. The third-order valence-electron chi connectivity index (χ3n) is 3.56. The van der Waals surface area contributed by atoms with Crippen molar-refractivity contribution in [1.29, 1.82) is 0 Å². The van der Waals surface area contributed by atoms with Crippen LogP contribution in [-0.2, 0) is 11.2 Å². The summed E-state index contributed by atoms with van der Waals surface area (Å²) in [5.74, 6) is 0.663. The number of benzene rings is 1. The minimum absolute atomic E-state index is 0.112. The van der Waals surface area contributed by atoms with E-state index in [1.807, 2.05) is 17.5 Å². The zero-order valence-corrected chi connectivity index (χ0v) is 16.6. The number of nitrogens with one attached hydrogen (secondary N) is 2. The lowest BCUT2D eigenvalue weighted by molar-refractivity contribution is -0.113. The number of aromatic nitrogens is 3. The Morgan fingerprint density at radius 1 is 1.26 bits per heavy atom. The van der Waals surface area contributed by atoms with E-state index in [1.54, 1.807) is 49.7 Å². The topological polar surface area (TPSA) is 91.0 Å². The van der Waals surface area contributed by atoms with Gasteiger partial charge in [0.25, 0.3) is 5.91 Å². The second kappa shape index (κ2) is 8.83. The van der Waals surface area contributed by atoms with Gasteiger partial charge in [0.2, 0.25) is 11.1 Å². The number of hydrogen-bond acceptors (Lipinski definition) is 6. The lowest BCUT2D eigenvalue weighted by atomic mass is 10.2. The van der Waals surface area contributed by atoms with Crippen molar-refractivity contribution in [3.05, 3.63) is 58.0 Å². The molecule has 0 bridgehead atoms. The summed E-state index contributed by atoms with van der Waals surface area (Å²) in [6.07, 6.45) is 0.699. The number of rotatable bonds is 7. The number of thioether (sulfide) groups is 1. The van der Waals surface area contributed by atoms with E-state index in [0.29, 0.717) is 22.8 Å². The van der Waals surface area contributed by atoms with Gasteiger partial charge in [-0.25, -0.2) is 4.98 Å². The van der Waals surface area contributed by atoms with Crippen molar-refractivity contribution in [2.75, 3.05) is 25.2 Å². The van der Waals surface area contributed by atoms with E-state index < -0.39 is 0 Å². The van der Waals surface area contributed by atoms with E-state index in [4.69, 9.17) is 0 Å². The van der Waals surface area contributed by atoms with Crippen LogP contribution in [0.5, 0.6) is 0 Å². The van der Waals surface area contributed by atoms with Gasteiger partial charge in [-0.1, -0.05) is 23.9 Å². The maximum atomic E-state index is 12.2. The molecule has 7 nitrogen and oxygen atoms in total. The molecule has 0 radical (unpaired) electrons. The molecule has 3 aromatic rings. The Bertz CT molecular complexity index is 921. The molecule has 2 N–H and O–H groups in total. The van der Waals surface area contributed by atoms with E-state index in [1.165, 1.54) is 21.5 Å². The second-order valence-corrected chi connectivity index (χ2v) is 7.91. The van der Waals surface area contributed by atoms with Gasteiger partial charge in [-0.05, 0) is 29.6 Å². The van der Waals surface area contributed by atoms with Crippen molar-refractivity contribution in [1.82, 2.24) is 20.1 Å². The van der Waals surface area contributed by atoms with Crippen LogP contribution in [-0.4, -0.2) is 51.7 Å². The van der Waals surface area contributed by atoms with Gasteiger partial charge in [0.15, 0.2) is 0 Å². The number of anilines is 1. The van der Waals surface area contributed by atoms with E-state index in [0.717, 1.165) is 5.82 Å². The average Bonchev–Trinajstić information content (AvgIpc) is 3.32. The SMILES string of the molecule is CN(C)C(=O)c1cccc(NC(=O)CSc2n[nH]c(Cc3cccs3)n2)c1. The Kier molecular flexibility index (Phi) is 6.25. The third kappa shape index (κ3) is 5.41. The molecule has 27 heavy (non-hydrogen) atoms. The van der Waals surface area contributed by atoms with E-state index in [2.05, 4.69) is 20.5 Å². The Balaban J connectivity index is 1.52. The molecular weight excluding hydrogens is 382 g/mol. The molecule has 0 saturated heterocycles. The summed E-state index contributed by atoms with van der Waals surface area (Å²) < 4.78 is 0. The molecule has 0 aliphatic carbocycles. The standard InChI is InChI=1S/C18H19N5O2S2/c1-23(2)17(25)12-5-3-6-13(9-12)19-16(24)11-27-18-20-15(21-22-18)10-14-7-4-8-26-14/h3-9H,10-11H2,1-2H3,(H,19,24)(H,20,21,22). The summed E-state index contributed by atoms with van der Waals surface area (Å²) in [4.78, 5) is 31.3. The van der Waals surface area contributed by atoms with Crippen LogP contribution in [0.25, 0.3) is 0 Å². The normalized spacial score (nSPS) is 10.6. The molecule has 0 unspecified atom stereocenters. The van der Waals surface area contributed by atoms with Crippen LogP contribution in [0.4, 0.5) is 5.69 Å². The molecular formula is C18H19N5O2S2. The van der Waals surface area contributed by atoms with Gasteiger partial charge in [-0.3, -0.25) is 14.7 Å². The Hall–Kier alpha value is -2.65. The summed E-state index contributed by atoms with van der Waals surface area (Å²) in [6.45, 7) is 0. The van der Waals surface area contributed by atoms with Crippen LogP contribution in [0.15, 0.2) is 46.9 Å². The Labute approximate surface area is 165 Å². The lowest BCUT2D eigenvalue weighted by Gasteiger charge is -2.11. The van der Waals surface area contributed by atoms with Gasteiger partial charge in [0.1, 0.15) is 5.82 Å². The Morgan fingerprint density at radius 3 is 2.85 bits per heavy atom. The first-order valence-electron chi connectivity index (χ1n) is 8.19. The number of carbonyl (C=O) groups is 2. The first-order valence-corrected chi connectivity index (χ1v) is 10.1. The highest BCUT2D eigenvalue weighted by Crippen LogP contribution is 2.17. The summed E-state index contributed by atoms with van der Waals surface area (Å²) in [6, 6.07) is 10.9. The smallest absolute Gasteiger partial charge is 0.253 e. The third-order valence-corrected chi connectivity index (χ3v) is 5.29. The van der Waals surface area contributed by atoms with Crippen molar-refractivity contribution < 1.29 is 9.59 Å². The van der Waals surface area contributed by atoms with Crippen LogP contribution in [0.3, 0.4) is 0 Å². The summed E-state index contributed by atoms with van der Waals surface area (Å²) in [5, 5.41) is 12.4. The fourth-order valence-electron chi connectivity index (χ4n) is 2.31. The van der Waals surface area contributed by atoms with Crippen molar-refractivity contribution in [2.24, 2.45) is 0 Å². The van der Waals surface area contributed by atoms with E-state index in [9.17, 15) is 9.59 Å². The first-order chi connectivity index (χ1) is 13.0. The molecule has 3 rings (SSSR count). The molecule has 0 aliphatic rings. The summed E-state index contributed by atoms with van der Waals surface area (Å²) in [5.41, 5.74) is 1.11. The van der Waals surface area contributed by atoms with Gasteiger partial charge >= 0.3 is 0 Å². The minimum atomic E-state index is -0.181. The molecule has 2 amide bonds. The number of hydrogen-bond donors (Lipinski definition) is 2. The molecule has 140 valence electrons. The van der Waals surface area contributed by atoms with Crippen molar-refractivity contribution in [3.8, 4) is 0 Å². The zero-order chi connectivity index (χ0) is 19.2. The van der Waals surface area contributed by atoms with Crippen molar-refractivity contribution in [2.45, 2.75) is 11.6 Å². The highest BCUT2D eigenvalue weighted by molar-refractivity contribution is 7.99. The van der Waals surface area contributed by atoms with Gasteiger partial charge in [-0.15, -0.1) is 16.4 Å². The molecule has 0 fully saturated rings. The van der Waals surface area contributed by atoms with Crippen LogP contribution < -0.4 is 5.32 Å². The number of amides is 2. The van der Waals surface area contributed by atoms with Gasteiger partial charge in [0.05, 0.1) is 5.75 Å². The van der Waals surface area contributed by atoms with Crippen LogP contribution in [0.1, 0.15) is 21.1 Å². The highest BCUT2D eigenvalue weighted by Gasteiger charge is 2.11. The van der Waals surface area contributed by atoms with E-state index >= 15 is 0 Å². The summed E-state index contributed by atoms with van der Waals surface area (Å²) in [7, 11) is 3.38. The molecule has 1 aromatic carbocycles. The summed E-state index contributed by atoms with van der Waals surface area (Å²) >= 11 is 2.92. The fourth-order valence-corrected chi connectivity index (χ4v) is 3.64. The largest absolute Gasteiger partial charge is 0.345 e. The zero-order valence-electron chi connectivity index (χ0n) is 14.9. The van der Waals surface area contributed by atoms with Gasteiger partial charge in [0, 0.05) is 36.6 Å². The number of nitrogens with zero attached hydrogens (tertiary/aromatic N) is 3. The highest BCUT2D eigenvalue weighted by atomic mass is 32.2. The van der Waals surface area contributed by atoms with Crippen molar-refractivity contribution in [3.63, 3.8) is 0 Å². The molecule has 0 saturated carbocycles. The molecule has 2 aromatic heterocycles. The number of aromatic amines is 1. The molecule has 0 aliphatic heterocycles. The maximum Gasteiger partial charge on any atom is 0.253 e. The maximum absolute atomic E-state index is 12.2. The minimum Gasteiger partial charge on any atom is -0.345 e. The first kappa shape index (κ1) is 19.1. The monoisotopic (exact) mass is 401 g/mol.